The Kier molecular flexibility index (Phi) is 6.21. The first-order valence-corrected chi connectivity index (χ1v) is 11.0. The van der Waals surface area contributed by atoms with Gasteiger partial charge in [0, 0.05) is 5.71 Å². The summed E-state index contributed by atoms with van der Waals surface area (Å²) in [5, 5.41) is 17.8. The van der Waals surface area contributed by atoms with Gasteiger partial charge in [0.2, 0.25) is 0 Å². The summed E-state index contributed by atoms with van der Waals surface area (Å²) in [6.07, 6.45) is 11.9. The molecule has 0 atom stereocenters. The van der Waals surface area contributed by atoms with Crippen molar-refractivity contribution < 1.29 is 0 Å². The molecule has 6 nitrogen and oxygen atoms in total. The van der Waals surface area contributed by atoms with Crippen molar-refractivity contribution in [1.29, 1.82) is 0 Å². The lowest BCUT2D eigenvalue weighted by atomic mass is 9.75. The maximum atomic E-state index is 4.94. The number of hydrazone groups is 1. The minimum Gasteiger partial charge on any atom is -0.296 e. The van der Waals surface area contributed by atoms with E-state index < -0.39 is 0 Å². The standard InChI is InChI=1S/C21H38N6/c1-6-16-8-10-18(11-9-16)22-24-21(14-12-17(7-2)13-15-21)19-23-25-26-27(19)20(3,4)5/h16-17,24H,6-15H2,1-5H3. The van der Waals surface area contributed by atoms with Crippen LogP contribution in [0.25, 0.3) is 0 Å². The summed E-state index contributed by atoms with van der Waals surface area (Å²) in [5.41, 5.74) is 4.57. The van der Waals surface area contributed by atoms with E-state index in [0.717, 1.165) is 43.3 Å². The van der Waals surface area contributed by atoms with Gasteiger partial charge >= 0.3 is 0 Å². The Balaban J connectivity index is 1.83. The van der Waals surface area contributed by atoms with Gasteiger partial charge in [-0.15, -0.1) is 5.10 Å². The predicted octanol–water partition coefficient (Wildman–Crippen LogP) is 4.77. The first kappa shape index (κ1) is 20.3. The third kappa shape index (κ3) is 4.52. The van der Waals surface area contributed by atoms with Gasteiger partial charge in [-0.2, -0.15) is 5.10 Å². The van der Waals surface area contributed by atoms with Crippen LogP contribution in [0, 0.1) is 11.8 Å². The van der Waals surface area contributed by atoms with Crippen molar-refractivity contribution in [2.24, 2.45) is 16.9 Å². The Morgan fingerprint density at radius 3 is 2.19 bits per heavy atom. The van der Waals surface area contributed by atoms with E-state index in [-0.39, 0.29) is 11.1 Å². The molecule has 0 bridgehead atoms. The molecule has 27 heavy (non-hydrogen) atoms. The van der Waals surface area contributed by atoms with E-state index in [2.05, 4.69) is 55.6 Å². The van der Waals surface area contributed by atoms with Gasteiger partial charge in [0.05, 0.1) is 5.54 Å². The smallest absolute Gasteiger partial charge is 0.178 e. The summed E-state index contributed by atoms with van der Waals surface area (Å²) in [5.74, 6) is 2.65. The number of nitrogens with one attached hydrogen (secondary N) is 1. The zero-order valence-electron chi connectivity index (χ0n) is 18.0. The second-order valence-corrected chi connectivity index (χ2v) is 9.66. The van der Waals surface area contributed by atoms with Gasteiger partial charge in [0.25, 0.3) is 0 Å². The molecule has 0 unspecified atom stereocenters. The van der Waals surface area contributed by atoms with Crippen LogP contribution in [-0.4, -0.2) is 25.9 Å². The largest absolute Gasteiger partial charge is 0.296 e. The topological polar surface area (TPSA) is 68.0 Å². The van der Waals surface area contributed by atoms with Crippen molar-refractivity contribution in [3.63, 3.8) is 0 Å². The van der Waals surface area contributed by atoms with Gasteiger partial charge in [-0.1, -0.05) is 26.7 Å². The molecule has 0 amide bonds. The maximum Gasteiger partial charge on any atom is 0.178 e. The van der Waals surface area contributed by atoms with E-state index in [1.807, 2.05) is 4.68 Å². The van der Waals surface area contributed by atoms with Crippen molar-refractivity contribution in [3.8, 4) is 0 Å². The van der Waals surface area contributed by atoms with Crippen LogP contribution in [0.5, 0.6) is 0 Å². The molecule has 0 aromatic carbocycles. The van der Waals surface area contributed by atoms with E-state index in [0.29, 0.717) is 0 Å². The van der Waals surface area contributed by atoms with Gasteiger partial charge < -0.3 is 0 Å². The van der Waals surface area contributed by atoms with Crippen LogP contribution in [0.15, 0.2) is 5.10 Å². The van der Waals surface area contributed by atoms with Crippen molar-refractivity contribution in [2.45, 2.75) is 110 Å². The third-order valence-corrected chi connectivity index (χ3v) is 6.76. The summed E-state index contributed by atoms with van der Waals surface area (Å²) in [6.45, 7) is 11.1. The predicted molar refractivity (Wildman–Crippen MR) is 110 cm³/mol. The fourth-order valence-electron chi connectivity index (χ4n) is 4.62. The molecule has 0 saturated heterocycles. The molecule has 6 heteroatoms. The molecule has 3 rings (SSSR count). The highest BCUT2D eigenvalue weighted by Crippen LogP contribution is 2.40. The van der Waals surface area contributed by atoms with Crippen molar-refractivity contribution in [3.05, 3.63) is 5.82 Å². The van der Waals surface area contributed by atoms with Crippen LogP contribution in [0.1, 0.15) is 105 Å². The van der Waals surface area contributed by atoms with E-state index >= 15 is 0 Å². The number of tetrazole rings is 1. The zero-order chi connectivity index (χ0) is 19.5. The Hall–Kier alpha value is -1.46. The molecule has 0 spiro atoms. The summed E-state index contributed by atoms with van der Waals surface area (Å²) in [7, 11) is 0. The molecule has 152 valence electrons. The van der Waals surface area contributed by atoms with Crippen molar-refractivity contribution in [2.75, 3.05) is 0 Å². The Labute approximate surface area is 164 Å². The molecule has 2 saturated carbocycles. The lowest BCUT2D eigenvalue weighted by Crippen LogP contribution is -2.47. The highest BCUT2D eigenvalue weighted by atomic mass is 15.6. The van der Waals surface area contributed by atoms with Gasteiger partial charge in [-0.25, -0.2) is 4.68 Å². The van der Waals surface area contributed by atoms with Crippen LogP contribution in [0.3, 0.4) is 0 Å². The maximum absolute atomic E-state index is 4.94. The molecule has 2 aliphatic rings. The second-order valence-electron chi connectivity index (χ2n) is 9.66. The molecule has 1 aromatic heterocycles. The fraction of sp³-hybridized carbons (Fsp3) is 0.905. The SMILES string of the molecule is CCC1CCC(=NNC2(c3nnnn3C(C)(C)C)CCC(CC)CC2)CC1. The van der Waals surface area contributed by atoms with Crippen LogP contribution in [0.4, 0.5) is 0 Å². The highest BCUT2D eigenvalue weighted by Gasteiger charge is 2.42. The quantitative estimate of drug-likeness (QED) is 0.754. The lowest BCUT2D eigenvalue weighted by Gasteiger charge is -2.40. The molecular weight excluding hydrogens is 336 g/mol. The number of hydrogen-bond donors (Lipinski definition) is 1. The molecule has 1 heterocycles. The molecule has 0 radical (unpaired) electrons. The fourth-order valence-corrected chi connectivity index (χ4v) is 4.62. The van der Waals surface area contributed by atoms with Gasteiger partial charge in [0.1, 0.15) is 5.54 Å². The van der Waals surface area contributed by atoms with Crippen LogP contribution < -0.4 is 5.43 Å². The van der Waals surface area contributed by atoms with Crippen molar-refractivity contribution in [1.82, 2.24) is 25.6 Å². The Bertz CT molecular complexity index is 623. The van der Waals surface area contributed by atoms with Crippen LogP contribution in [-0.2, 0) is 11.1 Å². The normalized spacial score (nSPS) is 29.6. The highest BCUT2D eigenvalue weighted by molar-refractivity contribution is 5.84. The molecule has 0 aliphatic heterocycles. The van der Waals surface area contributed by atoms with Crippen LogP contribution in [0.2, 0.25) is 0 Å². The molecule has 2 aliphatic carbocycles. The van der Waals surface area contributed by atoms with Gasteiger partial charge in [0.15, 0.2) is 5.82 Å². The third-order valence-electron chi connectivity index (χ3n) is 6.76. The van der Waals surface area contributed by atoms with Crippen LogP contribution >= 0.6 is 0 Å². The van der Waals surface area contributed by atoms with Gasteiger partial charge in [-0.3, -0.25) is 5.43 Å². The average molecular weight is 375 g/mol. The Morgan fingerprint density at radius 2 is 1.63 bits per heavy atom. The first-order chi connectivity index (χ1) is 12.9. The zero-order valence-corrected chi connectivity index (χ0v) is 18.0. The summed E-state index contributed by atoms with van der Waals surface area (Å²) in [6, 6.07) is 0. The summed E-state index contributed by atoms with van der Waals surface area (Å²) in [4.78, 5) is 0. The number of hydrogen-bond acceptors (Lipinski definition) is 5. The van der Waals surface area contributed by atoms with E-state index in [1.165, 1.54) is 44.2 Å². The summed E-state index contributed by atoms with van der Waals surface area (Å²) < 4.78 is 2.00. The van der Waals surface area contributed by atoms with E-state index in [9.17, 15) is 0 Å². The average Bonchev–Trinajstić information content (AvgIpc) is 3.18. The minimum absolute atomic E-state index is 0.137. The van der Waals surface area contributed by atoms with E-state index in [4.69, 9.17) is 5.10 Å². The summed E-state index contributed by atoms with van der Waals surface area (Å²) >= 11 is 0. The molecular formula is C21H38N6. The monoisotopic (exact) mass is 374 g/mol. The van der Waals surface area contributed by atoms with E-state index in [1.54, 1.807) is 0 Å². The number of rotatable bonds is 5. The first-order valence-electron chi connectivity index (χ1n) is 11.0. The van der Waals surface area contributed by atoms with Crippen molar-refractivity contribution >= 4 is 5.71 Å². The minimum atomic E-state index is -0.239. The Morgan fingerprint density at radius 1 is 1.04 bits per heavy atom. The molecule has 1 N–H and O–H groups in total. The number of nitrogens with zero attached hydrogens (tertiary/aromatic N) is 5. The molecule has 1 aromatic rings. The molecule has 2 fully saturated rings. The second kappa shape index (κ2) is 8.27. The number of aromatic nitrogens is 4. The lowest BCUT2D eigenvalue weighted by molar-refractivity contribution is 0.160. The van der Waals surface area contributed by atoms with Gasteiger partial charge in [-0.05, 0) is 94.4 Å².